The van der Waals surface area contributed by atoms with Gasteiger partial charge >= 0.3 is 0 Å². The van der Waals surface area contributed by atoms with E-state index in [-0.39, 0.29) is 11.0 Å². The first-order chi connectivity index (χ1) is 9.58. The fourth-order valence-corrected chi connectivity index (χ4v) is 1.98. The van der Waals surface area contributed by atoms with Crippen molar-refractivity contribution in [3.05, 3.63) is 58.7 Å². The van der Waals surface area contributed by atoms with Gasteiger partial charge in [0.1, 0.15) is 5.82 Å². The number of benzene rings is 1. The molecule has 2 N–H and O–H groups in total. The summed E-state index contributed by atoms with van der Waals surface area (Å²) in [6.45, 7) is 1.90. The molecule has 1 heterocycles. The third-order valence-corrected chi connectivity index (χ3v) is 3.12. The lowest BCUT2D eigenvalue weighted by Crippen LogP contribution is -2.34. The molecule has 20 heavy (non-hydrogen) atoms. The lowest BCUT2D eigenvalue weighted by Gasteiger charge is -2.11. The number of carbonyl (C=O) groups excluding carboxylic acids is 1. The van der Waals surface area contributed by atoms with Crippen LogP contribution in [0.2, 0.25) is 5.02 Å². The lowest BCUT2D eigenvalue weighted by atomic mass is 10.2. The maximum atomic E-state index is 12.0. The van der Waals surface area contributed by atoms with Crippen LogP contribution in [0, 0.1) is 6.92 Å². The van der Waals surface area contributed by atoms with Gasteiger partial charge in [0.2, 0.25) is 0 Å². The molecule has 1 aromatic carbocycles. The van der Waals surface area contributed by atoms with E-state index in [1.54, 1.807) is 30.5 Å². The van der Waals surface area contributed by atoms with Gasteiger partial charge in [-0.1, -0.05) is 29.8 Å². The number of anilines is 1. The SMILES string of the molecule is Cc1cccnc1NC(=S)NC(=O)c1ccccc1Cl. The molecular weight excluding hydrogens is 294 g/mol. The number of carbonyl (C=O) groups is 1. The summed E-state index contributed by atoms with van der Waals surface area (Å²) in [4.78, 5) is 16.1. The van der Waals surface area contributed by atoms with Crippen molar-refractivity contribution in [2.75, 3.05) is 5.32 Å². The van der Waals surface area contributed by atoms with Gasteiger partial charge in [0.25, 0.3) is 5.91 Å². The number of hydrogen-bond acceptors (Lipinski definition) is 3. The zero-order valence-electron chi connectivity index (χ0n) is 10.7. The quantitative estimate of drug-likeness (QED) is 0.837. The Balaban J connectivity index is 2.04. The third-order valence-electron chi connectivity index (χ3n) is 2.59. The normalized spacial score (nSPS) is 9.90. The minimum absolute atomic E-state index is 0.178. The molecule has 0 saturated heterocycles. The molecule has 0 aliphatic carbocycles. The van der Waals surface area contributed by atoms with Crippen LogP contribution >= 0.6 is 23.8 Å². The average Bonchev–Trinajstić information content (AvgIpc) is 2.41. The Labute approximate surface area is 127 Å². The number of amides is 1. The molecule has 0 bridgehead atoms. The second-order valence-corrected chi connectivity index (χ2v) is 4.87. The Morgan fingerprint density at radius 1 is 1.25 bits per heavy atom. The zero-order chi connectivity index (χ0) is 14.5. The minimum atomic E-state index is -0.360. The number of halogens is 1. The molecule has 0 saturated carbocycles. The number of pyridine rings is 1. The van der Waals surface area contributed by atoms with Gasteiger partial charge in [-0.2, -0.15) is 0 Å². The van der Waals surface area contributed by atoms with E-state index in [2.05, 4.69) is 15.6 Å². The van der Waals surface area contributed by atoms with E-state index in [9.17, 15) is 4.79 Å². The number of thiocarbonyl (C=S) groups is 1. The van der Waals surface area contributed by atoms with Crippen LogP contribution in [0.1, 0.15) is 15.9 Å². The number of rotatable bonds is 2. The predicted octanol–water partition coefficient (Wildman–Crippen LogP) is 3.17. The highest BCUT2D eigenvalue weighted by Gasteiger charge is 2.11. The Morgan fingerprint density at radius 2 is 2.00 bits per heavy atom. The molecule has 2 aromatic rings. The molecule has 0 spiro atoms. The summed E-state index contributed by atoms with van der Waals surface area (Å²) in [6, 6.07) is 10.5. The molecule has 0 fully saturated rings. The van der Waals surface area contributed by atoms with Gasteiger partial charge in [0.15, 0.2) is 5.11 Å². The summed E-state index contributed by atoms with van der Waals surface area (Å²) in [5, 5.41) is 6.00. The lowest BCUT2D eigenvalue weighted by molar-refractivity contribution is 0.0978. The van der Waals surface area contributed by atoms with E-state index in [0.29, 0.717) is 16.4 Å². The van der Waals surface area contributed by atoms with Crippen molar-refractivity contribution in [1.82, 2.24) is 10.3 Å². The Morgan fingerprint density at radius 3 is 2.70 bits per heavy atom. The van der Waals surface area contributed by atoms with E-state index >= 15 is 0 Å². The first kappa shape index (κ1) is 14.4. The van der Waals surface area contributed by atoms with Gasteiger partial charge in [-0.05, 0) is 42.9 Å². The summed E-state index contributed by atoms with van der Waals surface area (Å²) < 4.78 is 0. The average molecular weight is 306 g/mol. The second kappa shape index (κ2) is 6.45. The van der Waals surface area contributed by atoms with Crippen molar-refractivity contribution >= 4 is 40.7 Å². The first-order valence-electron chi connectivity index (χ1n) is 5.86. The Bertz CT molecular complexity index is 660. The van der Waals surface area contributed by atoms with Crippen LogP contribution in [0.25, 0.3) is 0 Å². The Hall–Kier alpha value is -1.98. The molecule has 0 aliphatic rings. The van der Waals surface area contributed by atoms with E-state index < -0.39 is 0 Å². The number of aryl methyl sites for hydroxylation is 1. The zero-order valence-corrected chi connectivity index (χ0v) is 12.3. The number of hydrogen-bond donors (Lipinski definition) is 2. The smallest absolute Gasteiger partial charge is 0.258 e. The highest BCUT2D eigenvalue weighted by molar-refractivity contribution is 7.80. The van der Waals surface area contributed by atoms with Crippen LogP contribution in [0.5, 0.6) is 0 Å². The van der Waals surface area contributed by atoms with E-state index in [4.69, 9.17) is 23.8 Å². The van der Waals surface area contributed by atoms with Gasteiger partial charge in [-0.3, -0.25) is 10.1 Å². The standard InChI is InChI=1S/C14H12ClN3OS/c1-9-5-4-8-16-12(9)17-14(20)18-13(19)10-6-2-3-7-11(10)15/h2-8H,1H3,(H2,16,17,18,19,20). The molecule has 0 atom stereocenters. The van der Waals surface area contributed by atoms with Gasteiger partial charge in [-0.15, -0.1) is 0 Å². The molecule has 1 aromatic heterocycles. The third kappa shape index (κ3) is 3.53. The molecule has 6 heteroatoms. The summed E-state index contributed by atoms with van der Waals surface area (Å²) in [7, 11) is 0. The molecule has 0 unspecified atom stereocenters. The van der Waals surface area contributed by atoms with Crippen LogP contribution in [-0.4, -0.2) is 16.0 Å². The summed E-state index contributed by atoms with van der Waals surface area (Å²) in [5.74, 6) is 0.249. The van der Waals surface area contributed by atoms with Crippen LogP contribution < -0.4 is 10.6 Å². The summed E-state index contributed by atoms with van der Waals surface area (Å²) in [5.41, 5.74) is 1.30. The largest absolute Gasteiger partial charge is 0.317 e. The fraction of sp³-hybridized carbons (Fsp3) is 0.0714. The van der Waals surface area contributed by atoms with Crippen molar-refractivity contribution in [3.8, 4) is 0 Å². The maximum Gasteiger partial charge on any atom is 0.258 e. The van der Waals surface area contributed by atoms with E-state index in [1.807, 2.05) is 19.1 Å². The molecule has 102 valence electrons. The number of aromatic nitrogens is 1. The summed E-state index contributed by atoms with van der Waals surface area (Å²) >= 11 is 11.0. The first-order valence-corrected chi connectivity index (χ1v) is 6.65. The second-order valence-electron chi connectivity index (χ2n) is 4.06. The molecule has 0 radical (unpaired) electrons. The number of nitrogens with one attached hydrogen (secondary N) is 2. The molecule has 0 aliphatic heterocycles. The molecular formula is C14H12ClN3OS. The van der Waals surface area contributed by atoms with Gasteiger partial charge in [-0.25, -0.2) is 4.98 Å². The maximum absolute atomic E-state index is 12.0. The van der Waals surface area contributed by atoms with Crippen molar-refractivity contribution in [2.45, 2.75) is 6.92 Å². The predicted molar refractivity (Wildman–Crippen MR) is 84.1 cm³/mol. The fourth-order valence-electron chi connectivity index (χ4n) is 1.57. The van der Waals surface area contributed by atoms with Crippen LogP contribution in [-0.2, 0) is 0 Å². The molecule has 2 rings (SSSR count). The summed E-state index contributed by atoms with van der Waals surface area (Å²) in [6.07, 6.45) is 1.65. The Kier molecular flexibility index (Phi) is 4.65. The highest BCUT2D eigenvalue weighted by Crippen LogP contribution is 2.14. The number of nitrogens with zero attached hydrogens (tertiary/aromatic N) is 1. The van der Waals surface area contributed by atoms with Crippen LogP contribution in [0.15, 0.2) is 42.6 Å². The van der Waals surface area contributed by atoms with Crippen molar-refractivity contribution in [3.63, 3.8) is 0 Å². The van der Waals surface area contributed by atoms with Crippen molar-refractivity contribution in [1.29, 1.82) is 0 Å². The molecule has 4 nitrogen and oxygen atoms in total. The molecule has 1 amide bonds. The van der Waals surface area contributed by atoms with Crippen molar-refractivity contribution < 1.29 is 4.79 Å². The van der Waals surface area contributed by atoms with Crippen molar-refractivity contribution in [2.24, 2.45) is 0 Å². The van der Waals surface area contributed by atoms with Crippen LogP contribution in [0.4, 0.5) is 5.82 Å². The monoisotopic (exact) mass is 305 g/mol. The van der Waals surface area contributed by atoms with E-state index in [0.717, 1.165) is 5.56 Å². The van der Waals surface area contributed by atoms with Gasteiger partial charge < -0.3 is 5.32 Å². The van der Waals surface area contributed by atoms with Gasteiger partial charge in [0, 0.05) is 6.20 Å². The topological polar surface area (TPSA) is 54.0 Å². The minimum Gasteiger partial charge on any atom is -0.317 e. The van der Waals surface area contributed by atoms with Crippen LogP contribution in [0.3, 0.4) is 0 Å². The van der Waals surface area contributed by atoms with Gasteiger partial charge in [0.05, 0.1) is 10.6 Å². The highest BCUT2D eigenvalue weighted by atomic mass is 35.5. The van der Waals surface area contributed by atoms with E-state index in [1.165, 1.54) is 0 Å².